The molecule has 1 aromatic rings. The molecule has 0 aromatic carbocycles. The maximum absolute atomic E-state index is 12.6. The molecule has 0 radical (unpaired) electrons. The molecule has 2 aliphatic rings. The number of rotatable bonds is 4. The van der Waals surface area contributed by atoms with Gasteiger partial charge in [0.25, 0.3) is 0 Å². The van der Waals surface area contributed by atoms with Crippen molar-refractivity contribution in [3.05, 3.63) is 18.3 Å². The Hall–Kier alpha value is -2.11. The van der Waals surface area contributed by atoms with E-state index in [1.54, 1.807) is 18.1 Å². The summed E-state index contributed by atoms with van der Waals surface area (Å²) in [6.45, 7) is 1.98. The first-order chi connectivity index (χ1) is 11.1. The van der Waals surface area contributed by atoms with Crippen LogP contribution < -0.4 is 15.1 Å². The van der Waals surface area contributed by atoms with Crippen molar-refractivity contribution in [2.75, 3.05) is 29.9 Å². The number of anilines is 2. The van der Waals surface area contributed by atoms with E-state index in [4.69, 9.17) is 0 Å². The number of aromatic nitrogens is 1. The molecule has 0 bridgehead atoms. The first-order valence-corrected chi connectivity index (χ1v) is 8.41. The summed E-state index contributed by atoms with van der Waals surface area (Å²) in [6, 6.07) is 3.76. The summed E-state index contributed by atoms with van der Waals surface area (Å²) in [7, 11) is 1.80. The molecule has 2 aliphatic heterocycles. The highest BCUT2D eigenvalue weighted by molar-refractivity contribution is 5.96. The van der Waals surface area contributed by atoms with Crippen LogP contribution in [0.5, 0.6) is 0 Å². The molecular formula is C17H24N4O2. The molecule has 124 valence electrons. The molecule has 6 heteroatoms. The van der Waals surface area contributed by atoms with E-state index in [-0.39, 0.29) is 17.9 Å². The lowest BCUT2D eigenvalue weighted by Gasteiger charge is -2.28. The zero-order valence-corrected chi connectivity index (χ0v) is 13.6. The van der Waals surface area contributed by atoms with Crippen molar-refractivity contribution in [3.63, 3.8) is 0 Å². The fourth-order valence-corrected chi connectivity index (χ4v) is 3.34. The van der Waals surface area contributed by atoms with Crippen LogP contribution in [0.3, 0.4) is 0 Å². The van der Waals surface area contributed by atoms with E-state index in [1.165, 1.54) is 12.8 Å². The first kappa shape index (κ1) is 15.8. The van der Waals surface area contributed by atoms with E-state index in [2.05, 4.69) is 15.2 Å². The Morgan fingerprint density at radius 2 is 2.17 bits per heavy atom. The Morgan fingerprint density at radius 3 is 2.91 bits per heavy atom. The van der Waals surface area contributed by atoms with Crippen molar-refractivity contribution in [1.29, 1.82) is 0 Å². The van der Waals surface area contributed by atoms with Crippen LogP contribution >= 0.6 is 0 Å². The van der Waals surface area contributed by atoms with Gasteiger partial charge in [-0.3, -0.25) is 9.59 Å². The Balaban J connectivity index is 1.70. The monoisotopic (exact) mass is 316 g/mol. The van der Waals surface area contributed by atoms with Crippen molar-refractivity contribution < 1.29 is 9.59 Å². The standard InChI is InChI=1S/C17H24N4O2/c1-20(16(23)12-13-6-4-8-15(22)19-13)14-7-5-9-18-17(14)21-10-2-3-11-21/h5,7,9,13H,2-4,6,8,10-12H2,1H3,(H,19,22). The number of nitrogens with zero attached hydrogens (tertiary/aromatic N) is 3. The van der Waals surface area contributed by atoms with Crippen LogP contribution in [0.15, 0.2) is 18.3 Å². The largest absolute Gasteiger partial charge is 0.355 e. The van der Waals surface area contributed by atoms with Gasteiger partial charge in [-0.15, -0.1) is 0 Å². The smallest absolute Gasteiger partial charge is 0.228 e. The predicted octanol–water partition coefficient (Wildman–Crippen LogP) is 1.70. The maximum atomic E-state index is 12.6. The molecular weight excluding hydrogens is 292 g/mol. The molecule has 23 heavy (non-hydrogen) atoms. The van der Waals surface area contributed by atoms with Gasteiger partial charge in [0.15, 0.2) is 5.82 Å². The minimum Gasteiger partial charge on any atom is -0.355 e. The van der Waals surface area contributed by atoms with Crippen LogP contribution in [0.4, 0.5) is 11.5 Å². The molecule has 2 fully saturated rings. The third-order valence-electron chi connectivity index (χ3n) is 4.65. The topological polar surface area (TPSA) is 65.5 Å². The Kier molecular flexibility index (Phi) is 4.79. The van der Waals surface area contributed by atoms with Gasteiger partial charge in [0, 0.05) is 45.2 Å². The van der Waals surface area contributed by atoms with E-state index in [9.17, 15) is 9.59 Å². The van der Waals surface area contributed by atoms with Crippen molar-refractivity contribution >= 4 is 23.3 Å². The average molecular weight is 316 g/mol. The number of hydrogen-bond donors (Lipinski definition) is 1. The molecule has 6 nitrogen and oxygen atoms in total. The van der Waals surface area contributed by atoms with Crippen molar-refractivity contribution in [2.45, 2.75) is 44.6 Å². The second-order valence-corrected chi connectivity index (χ2v) is 6.35. The number of hydrogen-bond acceptors (Lipinski definition) is 4. The molecule has 3 heterocycles. The molecule has 1 unspecified atom stereocenters. The lowest BCUT2D eigenvalue weighted by Crippen LogP contribution is -2.42. The second kappa shape index (κ2) is 6.98. The van der Waals surface area contributed by atoms with Gasteiger partial charge in [-0.2, -0.15) is 0 Å². The SMILES string of the molecule is CN(C(=O)CC1CCCC(=O)N1)c1cccnc1N1CCCC1. The first-order valence-electron chi connectivity index (χ1n) is 8.41. The molecule has 2 saturated heterocycles. The number of pyridine rings is 1. The number of piperidine rings is 1. The van der Waals surface area contributed by atoms with Crippen LogP contribution in [0.2, 0.25) is 0 Å². The molecule has 3 rings (SSSR count). The van der Waals surface area contributed by atoms with Crippen molar-refractivity contribution in [3.8, 4) is 0 Å². The zero-order valence-electron chi connectivity index (χ0n) is 13.6. The third-order valence-corrected chi connectivity index (χ3v) is 4.65. The number of amides is 2. The van der Waals surface area contributed by atoms with Gasteiger partial charge in [0.05, 0.1) is 5.69 Å². The van der Waals surface area contributed by atoms with Crippen LogP contribution in [0.1, 0.15) is 38.5 Å². The van der Waals surface area contributed by atoms with Gasteiger partial charge in [0.1, 0.15) is 0 Å². The Morgan fingerprint density at radius 1 is 1.39 bits per heavy atom. The molecule has 1 atom stereocenters. The van der Waals surface area contributed by atoms with E-state index in [0.717, 1.165) is 37.4 Å². The van der Waals surface area contributed by atoms with E-state index >= 15 is 0 Å². The fraction of sp³-hybridized carbons (Fsp3) is 0.588. The molecule has 2 amide bonds. The number of nitrogens with one attached hydrogen (secondary N) is 1. The lowest BCUT2D eigenvalue weighted by atomic mass is 10.0. The zero-order chi connectivity index (χ0) is 16.2. The summed E-state index contributed by atoms with van der Waals surface area (Å²) in [5, 5.41) is 2.91. The molecule has 1 aromatic heterocycles. The highest BCUT2D eigenvalue weighted by Crippen LogP contribution is 2.29. The third kappa shape index (κ3) is 3.63. The van der Waals surface area contributed by atoms with Gasteiger partial charge in [0.2, 0.25) is 11.8 Å². The van der Waals surface area contributed by atoms with Gasteiger partial charge in [-0.1, -0.05) is 0 Å². The summed E-state index contributed by atoms with van der Waals surface area (Å²) >= 11 is 0. The summed E-state index contributed by atoms with van der Waals surface area (Å²) in [5.74, 6) is 0.954. The summed E-state index contributed by atoms with van der Waals surface area (Å²) in [6.07, 6.45) is 6.76. The van der Waals surface area contributed by atoms with Gasteiger partial charge < -0.3 is 15.1 Å². The van der Waals surface area contributed by atoms with Crippen LogP contribution in [-0.2, 0) is 9.59 Å². The minimum atomic E-state index is -0.0434. The van der Waals surface area contributed by atoms with Crippen LogP contribution in [0.25, 0.3) is 0 Å². The van der Waals surface area contributed by atoms with Crippen LogP contribution in [-0.4, -0.2) is 43.0 Å². The summed E-state index contributed by atoms with van der Waals surface area (Å²) in [4.78, 5) is 32.5. The molecule has 1 N–H and O–H groups in total. The van der Waals surface area contributed by atoms with Crippen molar-refractivity contribution in [2.24, 2.45) is 0 Å². The summed E-state index contributed by atoms with van der Waals surface area (Å²) < 4.78 is 0. The van der Waals surface area contributed by atoms with Gasteiger partial charge >= 0.3 is 0 Å². The molecule has 0 saturated carbocycles. The highest BCUT2D eigenvalue weighted by Gasteiger charge is 2.25. The normalized spacial score (nSPS) is 21.2. The second-order valence-electron chi connectivity index (χ2n) is 6.35. The van der Waals surface area contributed by atoms with E-state index < -0.39 is 0 Å². The number of carbonyl (C=O) groups excluding carboxylic acids is 2. The average Bonchev–Trinajstić information content (AvgIpc) is 3.08. The fourth-order valence-electron chi connectivity index (χ4n) is 3.34. The Bertz CT molecular complexity index is 584. The van der Waals surface area contributed by atoms with E-state index in [0.29, 0.717) is 12.8 Å². The van der Waals surface area contributed by atoms with Gasteiger partial charge in [-0.25, -0.2) is 4.98 Å². The molecule has 0 spiro atoms. The summed E-state index contributed by atoms with van der Waals surface area (Å²) in [5.41, 5.74) is 0.849. The van der Waals surface area contributed by atoms with Crippen LogP contribution in [0, 0.1) is 0 Å². The van der Waals surface area contributed by atoms with E-state index in [1.807, 2.05) is 12.1 Å². The van der Waals surface area contributed by atoms with Crippen molar-refractivity contribution in [1.82, 2.24) is 10.3 Å². The highest BCUT2D eigenvalue weighted by atomic mass is 16.2. The van der Waals surface area contributed by atoms with Gasteiger partial charge in [-0.05, 0) is 37.8 Å². The quantitative estimate of drug-likeness (QED) is 0.918. The lowest BCUT2D eigenvalue weighted by molar-refractivity contribution is -0.124. The predicted molar refractivity (Wildman–Crippen MR) is 89.5 cm³/mol. The Labute approximate surface area is 136 Å². The molecule has 0 aliphatic carbocycles. The number of carbonyl (C=O) groups is 2. The minimum absolute atomic E-state index is 0.0191. The maximum Gasteiger partial charge on any atom is 0.228 e.